The second-order valence-electron chi connectivity index (χ2n) is 9.17. The lowest BCUT2D eigenvalue weighted by Gasteiger charge is -2.52. The molecule has 0 spiro atoms. The number of hydrogen-bond donors (Lipinski definition) is 0. The summed E-state index contributed by atoms with van der Waals surface area (Å²) in [6.45, 7) is 2.83. The van der Waals surface area contributed by atoms with Gasteiger partial charge in [-0.15, -0.1) is 0 Å². The number of para-hydroxylation sites is 1. The maximum Gasteiger partial charge on any atom is 0.238 e. The minimum absolute atomic E-state index is 0.136. The van der Waals surface area contributed by atoms with E-state index in [1.807, 2.05) is 96.8 Å². The van der Waals surface area contributed by atoms with Gasteiger partial charge in [0, 0.05) is 32.5 Å². The third-order valence-corrected chi connectivity index (χ3v) is 6.97. The smallest absolute Gasteiger partial charge is 0.238 e. The lowest BCUT2D eigenvalue weighted by atomic mass is 9.73. The van der Waals surface area contributed by atoms with Crippen molar-refractivity contribution in [1.82, 2.24) is 9.80 Å². The van der Waals surface area contributed by atoms with Crippen molar-refractivity contribution >= 4 is 11.8 Å². The molecule has 0 unspecified atom stereocenters. The summed E-state index contributed by atoms with van der Waals surface area (Å²) in [5, 5.41) is 0. The molecule has 0 aliphatic carbocycles. The second kappa shape index (κ2) is 8.39. The maximum absolute atomic E-state index is 14.1. The average molecular weight is 441 g/mol. The van der Waals surface area contributed by atoms with Crippen molar-refractivity contribution in [1.29, 1.82) is 0 Å². The van der Waals surface area contributed by atoms with Gasteiger partial charge in [-0.25, -0.2) is 0 Å². The van der Waals surface area contributed by atoms with Crippen LogP contribution in [0.5, 0.6) is 5.75 Å². The van der Waals surface area contributed by atoms with Crippen LogP contribution in [0.2, 0.25) is 0 Å². The molecule has 0 N–H and O–H groups in total. The molecule has 0 saturated carbocycles. The molecule has 1 fully saturated rings. The van der Waals surface area contributed by atoms with E-state index in [0.717, 1.165) is 22.4 Å². The number of nitrogens with zero attached hydrogens (tertiary/aromatic N) is 2. The Morgan fingerprint density at radius 1 is 0.939 bits per heavy atom. The molecule has 168 valence electrons. The Kier molecular flexibility index (Phi) is 5.41. The summed E-state index contributed by atoms with van der Waals surface area (Å²) < 4.78 is 6.23. The lowest BCUT2D eigenvalue weighted by Crippen LogP contribution is -2.63. The molecule has 33 heavy (non-hydrogen) atoms. The summed E-state index contributed by atoms with van der Waals surface area (Å²) in [5.74, 6) is -0.556. The molecule has 1 saturated heterocycles. The first-order chi connectivity index (χ1) is 16.0. The molecule has 3 aromatic rings. The Morgan fingerprint density at radius 2 is 1.48 bits per heavy atom. The van der Waals surface area contributed by atoms with E-state index in [1.54, 1.807) is 11.9 Å². The molecule has 2 aliphatic heterocycles. The minimum atomic E-state index is -0.777. The summed E-state index contributed by atoms with van der Waals surface area (Å²) in [6.07, 6.45) is 0.590. The number of likely N-dealkylation sites (tertiary alicyclic amines) is 1. The van der Waals surface area contributed by atoms with E-state index in [9.17, 15) is 9.59 Å². The highest BCUT2D eigenvalue weighted by Crippen LogP contribution is 2.50. The van der Waals surface area contributed by atoms with Gasteiger partial charge in [-0.2, -0.15) is 0 Å². The summed E-state index contributed by atoms with van der Waals surface area (Å²) >= 11 is 0. The molecule has 3 aromatic carbocycles. The number of rotatable bonds is 5. The van der Waals surface area contributed by atoms with Gasteiger partial charge in [-0.1, -0.05) is 78.9 Å². The van der Waals surface area contributed by atoms with E-state index in [4.69, 9.17) is 4.74 Å². The van der Waals surface area contributed by atoms with Crippen LogP contribution in [0.4, 0.5) is 0 Å². The van der Waals surface area contributed by atoms with Crippen molar-refractivity contribution in [3.63, 3.8) is 0 Å². The molecule has 2 bridgehead atoms. The molecular formula is C28H28N2O3. The summed E-state index contributed by atoms with van der Waals surface area (Å²) in [4.78, 5) is 31.2. The zero-order chi connectivity index (χ0) is 23.0. The van der Waals surface area contributed by atoms with Gasteiger partial charge in [0.15, 0.2) is 5.72 Å². The average Bonchev–Trinajstić information content (AvgIpc) is 2.83. The van der Waals surface area contributed by atoms with Crippen LogP contribution >= 0.6 is 0 Å². The van der Waals surface area contributed by atoms with Crippen LogP contribution in [0.25, 0.3) is 0 Å². The predicted octanol–water partition coefficient (Wildman–Crippen LogP) is 4.59. The molecule has 5 heteroatoms. The zero-order valence-electron chi connectivity index (χ0n) is 19.0. The molecule has 5 rings (SSSR count). The highest BCUT2D eigenvalue weighted by Gasteiger charge is 2.55. The van der Waals surface area contributed by atoms with E-state index in [1.165, 1.54) is 0 Å². The molecule has 2 heterocycles. The van der Waals surface area contributed by atoms with E-state index in [0.29, 0.717) is 19.5 Å². The number of carbonyl (C=O) groups excluding carboxylic acids is 2. The third kappa shape index (κ3) is 3.88. The third-order valence-electron chi connectivity index (χ3n) is 6.97. The molecule has 0 aromatic heterocycles. The Hall–Kier alpha value is -3.60. The molecule has 5 nitrogen and oxygen atoms in total. The SMILES string of the molecule is CN1C(=O)[C@H](C(=O)N(Cc2ccccc2)Cc2ccccc2)[C@H]2C[C@@]1(C)Oc1ccccc12. The van der Waals surface area contributed by atoms with Crippen molar-refractivity contribution in [2.24, 2.45) is 5.92 Å². The van der Waals surface area contributed by atoms with E-state index in [2.05, 4.69) is 0 Å². The Bertz CT molecular complexity index is 1120. The van der Waals surface area contributed by atoms with Crippen molar-refractivity contribution < 1.29 is 14.3 Å². The normalized spacial score (nSPS) is 23.5. The quantitative estimate of drug-likeness (QED) is 0.546. The summed E-state index contributed by atoms with van der Waals surface area (Å²) in [7, 11) is 1.74. The molecule has 2 amide bonds. The topological polar surface area (TPSA) is 49.9 Å². The minimum Gasteiger partial charge on any atom is -0.468 e. The first-order valence-electron chi connectivity index (χ1n) is 11.4. The summed E-state index contributed by atoms with van der Waals surface area (Å²) in [6, 6.07) is 27.7. The first-order valence-corrected chi connectivity index (χ1v) is 11.4. The van der Waals surface area contributed by atoms with Gasteiger partial charge in [-0.05, 0) is 29.7 Å². The molecule has 0 radical (unpaired) electrons. The van der Waals surface area contributed by atoms with Gasteiger partial charge < -0.3 is 14.5 Å². The van der Waals surface area contributed by atoms with Crippen LogP contribution in [-0.4, -0.2) is 34.4 Å². The molecule has 3 atom stereocenters. The number of ether oxygens (including phenoxy) is 1. The van der Waals surface area contributed by atoms with Crippen LogP contribution in [0, 0.1) is 5.92 Å². The van der Waals surface area contributed by atoms with Crippen molar-refractivity contribution in [2.75, 3.05) is 7.05 Å². The van der Waals surface area contributed by atoms with Gasteiger partial charge >= 0.3 is 0 Å². The van der Waals surface area contributed by atoms with Crippen molar-refractivity contribution in [3.05, 3.63) is 102 Å². The van der Waals surface area contributed by atoms with Crippen LogP contribution in [0.1, 0.15) is 36.0 Å². The summed E-state index contributed by atoms with van der Waals surface area (Å²) in [5.41, 5.74) is 2.26. The Labute approximate surface area is 194 Å². The zero-order valence-corrected chi connectivity index (χ0v) is 19.0. The van der Waals surface area contributed by atoms with Gasteiger partial charge in [0.1, 0.15) is 11.7 Å². The van der Waals surface area contributed by atoms with E-state index in [-0.39, 0.29) is 17.7 Å². The van der Waals surface area contributed by atoms with Crippen LogP contribution < -0.4 is 4.74 Å². The van der Waals surface area contributed by atoms with Gasteiger partial charge in [0.25, 0.3) is 0 Å². The highest BCUT2D eigenvalue weighted by molar-refractivity contribution is 6.02. The number of fused-ring (bicyclic) bond motifs is 4. The number of benzene rings is 3. The van der Waals surface area contributed by atoms with Gasteiger partial charge in [0.2, 0.25) is 11.8 Å². The van der Waals surface area contributed by atoms with Crippen LogP contribution in [0.15, 0.2) is 84.9 Å². The molecular weight excluding hydrogens is 412 g/mol. The highest BCUT2D eigenvalue weighted by atomic mass is 16.5. The monoisotopic (exact) mass is 440 g/mol. The van der Waals surface area contributed by atoms with Gasteiger partial charge in [-0.3, -0.25) is 9.59 Å². The van der Waals surface area contributed by atoms with Crippen molar-refractivity contribution in [2.45, 2.75) is 38.1 Å². The lowest BCUT2D eigenvalue weighted by molar-refractivity contribution is -0.174. The standard InChI is InChI=1S/C28H28N2O3/c1-28-17-23(22-15-9-10-16-24(22)33-28)25(26(31)29(28)2)27(32)30(18-20-11-5-3-6-12-20)19-21-13-7-4-8-14-21/h3-16,23,25H,17-19H2,1-2H3/t23-,25+,28+/m0/s1. The fourth-order valence-corrected chi connectivity index (χ4v) is 5.09. The fourth-order valence-electron chi connectivity index (χ4n) is 5.09. The number of piperidine rings is 1. The van der Waals surface area contributed by atoms with Gasteiger partial charge in [0.05, 0.1) is 0 Å². The van der Waals surface area contributed by atoms with Crippen molar-refractivity contribution in [3.8, 4) is 5.75 Å². The Balaban J connectivity index is 1.53. The second-order valence-corrected chi connectivity index (χ2v) is 9.17. The number of hydrogen-bond acceptors (Lipinski definition) is 3. The van der Waals surface area contributed by atoms with E-state index < -0.39 is 11.6 Å². The fraction of sp³-hybridized carbons (Fsp3) is 0.286. The first kappa shape index (κ1) is 21.3. The number of carbonyl (C=O) groups is 2. The largest absolute Gasteiger partial charge is 0.468 e. The molecule has 2 aliphatic rings. The Morgan fingerprint density at radius 3 is 2.09 bits per heavy atom. The number of amides is 2. The van der Waals surface area contributed by atoms with Crippen LogP contribution in [0.3, 0.4) is 0 Å². The maximum atomic E-state index is 14.1. The van der Waals surface area contributed by atoms with Crippen LogP contribution in [-0.2, 0) is 22.7 Å². The van der Waals surface area contributed by atoms with E-state index >= 15 is 0 Å². The predicted molar refractivity (Wildman–Crippen MR) is 126 cm³/mol.